The maximum absolute atomic E-state index is 13.4. The highest BCUT2D eigenvalue weighted by Crippen LogP contribution is 2.26. The molecule has 0 spiro atoms. The van der Waals surface area contributed by atoms with Crippen LogP contribution in [0.1, 0.15) is 84.2 Å². The molecule has 8 heteroatoms. The lowest BCUT2D eigenvalue weighted by Gasteiger charge is -2.28. The van der Waals surface area contributed by atoms with E-state index in [9.17, 15) is 24.0 Å². The van der Waals surface area contributed by atoms with Crippen LogP contribution in [0.5, 0.6) is 0 Å². The first-order valence-electron chi connectivity index (χ1n) is 13.4. The topological polar surface area (TPSA) is 121 Å². The SMILES string of the molecule is CCCCC/C=C/C(=O)N[C@@H](CC(=O)NC(C(=O)[C@@H]1C(=O)NC(=O)[C@H]1C)C(CC)CC)c1ccccc1. The lowest BCUT2D eigenvalue weighted by Crippen LogP contribution is -2.50. The lowest BCUT2D eigenvalue weighted by molar-refractivity contribution is -0.138. The van der Waals surface area contributed by atoms with Gasteiger partial charge in [0.25, 0.3) is 0 Å². The molecule has 2 rings (SSSR count). The van der Waals surface area contributed by atoms with Crippen LogP contribution in [0.15, 0.2) is 42.5 Å². The summed E-state index contributed by atoms with van der Waals surface area (Å²) in [5.41, 5.74) is 0.769. The quantitative estimate of drug-likeness (QED) is 0.143. The smallest absolute Gasteiger partial charge is 0.244 e. The summed E-state index contributed by atoms with van der Waals surface area (Å²) in [4.78, 5) is 63.6. The number of carbonyl (C=O) groups excluding carboxylic acids is 5. The monoisotopic (exact) mass is 511 g/mol. The normalized spacial score (nSPS) is 19.1. The molecule has 0 saturated carbocycles. The molecule has 1 unspecified atom stereocenters. The fourth-order valence-electron chi connectivity index (χ4n) is 4.72. The Hall–Kier alpha value is -3.29. The Morgan fingerprint density at radius 3 is 2.22 bits per heavy atom. The van der Waals surface area contributed by atoms with E-state index in [2.05, 4.69) is 22.9 Å². The zero-order valence-corrected chi connectivity index (χ0v) is 22.4. The molecule has 8 nitrogen and oxygen atoms in total. The number of Topliss-reactive ketones (excluding diaryl/α,β-unsaturated/α-hetero) is 1. The summed E-state index contributed by atoms with van der Waals surface area (Å²) in [5.74, 6) is -4.35. The van der Waals surface area contributed by atoms with Crippen molar-refractivity contribution in [1.29, 1.82) is 0 Å². The molecule has 0 radical (unpaired) electrons. The van der Waals surface area contributed by atoms with Crippen LogP contribution in [-0.4, -0.2) is 35.5 Å². The van der Waals surface area contributed by atoms with Crippen LogP contribution >= 0.6 is 0 Å². The number of hydrogen-bond donors (Lipinski definition) is 3. The van der Waals surface area contributed by atoms with Crippen molar-refractivity contribution >= 4 is 29.4 Å². The Balaban J connectivity index is 2.17. The molecule has 4 atom stereocenters. The van der Waals surface area contributed by atoms with Crippen LogP contribution in [0.2, 0.25) is 0 Å². The Morgan fingerprint density at radius 2 is 1.65 bits per heavy atom. The molecule has 202 valence electrons. The second-order valence-electron chi connectivity index (χ2n) is 9.72. The highest BCUT2D eigenvalue weighted by Gasteiger charge is 2.46. The molecule has 0 aromatic heterocycles. The van der Waals surface area contributed by atoms with Gasteiger partial charge in [-0.2, -0.15) is 0 Å². The van der Waals surface area contributed by atoms with Crippen molar-refractivity contribution in [3.05, 3.63) is 48.0 Å². The average molecular weight is 512 g/mol. The highest BCUT2D eigenvalue weighted by molar-refractivity contribution is 6.16. The van der Waals surface area contributed by atoms with E-state index in [-0.39, 0.29) is 18.2 Å². The van der Waals surface area contributed by atoms with Crippen molar-refractivity contribution in [3.8, 4) is 0 Å². The molecule has 0 bridgehead atoms. The van der Waals surface area contributed by atoms with Crippen LogP contribution < -0.4 is 16.0 Å². The third-order valence-electron chi connectivity index (χ3n) is 7.04. The van der Waals surface area contributed by atoms with E-state index in [1.54, 1.807) is 6.92 Å². The van der Waals surface area contributed by atoms with Gasteiger partial charge in [0.15, 0.2) is 5.78 Å². The number of unbranched alkanes of at least 4 members (excludes halogenated alkanes) is 3. The number of imide groups is 1. The van der Waals surface area contributed by atoms with Crippen molar-refractivity contribution in [1.82, 2.24) is 16.0 Å². The molecule has 1 saturated heterocycles. The summed E-state index contributed by atoms with van der Waals surface area (Å²) in [5, 5.41) is 7.97. The van der Waals surface area contributed by atoms with Crippen molar-refractivity contribution < 1.29 is 24.0 Å². The predicted molar refractivity (Wildman–Crippen MR) is 142 cm³/mol. The number of ketones is 1. The van der Waals surface area contributed by atoms with Crippen LogP contribution in [0, 0.1) is 17.8 Å². The zero-order chi connectivity index (χ0) is 27.4. The summed E-state index contributed by atoms with van der Waals surface area (Å²) in [7, 11) is 0. The Morgan fingerprint density at radius 1 is 0.973 bits per heavy atom. The Kier molecular flexibility index (Phi) is 12.2. The van der Waals surface area contributed by atoms with E-state index >= 15 is 0 Å². The van der Waals surface area contributed by atoms with Crippen LogP contribution in [-0.2, 0) is 24.0 Å². The third-order valence-corrected chi connectivity index (χ3v) is 7.04. The third kappa shape index (κ3) is 8.65. The molecule has 1 aromatic carbocycles. The van der Waals surface area contributed by atoms with E-state index in [0.717, 1.165) is 31.2 Å². The molecule has 3 N–H and O–H groups in total. The van der Waals surface area contributed by atoms with Gasteiger partial charge >= 0.3 is 0 Å². The van der Waals surface area contributed by atoms with E-state index in [1.807, 2.05) is 50.3 Å². The van der Waals surface area contributed by atoms with Gasteiger partial charge in [0.1, 0.15) is 5.92 Å². The molecule has 1 aromatic rings. The molecule has 1 aliphatic rings. The van der Waals surface area contributed by atoms with E-state index in [0.29, 0.717) is 12.8 Å². The van der Waals surface area contributed by atoms with Crippen molar-refractivity contribution in [3.63, 3.8) is 0 Å². The second kappa shape index (κ2) is 15.1. The van der Waals surface area contributed by atoms with Crippen molar-refractivity contribution in [2.75, 3.05) is 0 Å². The molecule has 37 heavy (non-hydrogen) atoms. The molecule has 0 aliphatic carbocycles. The van der Waals surface area contributed by atoms with E-state index < -0.39 is 47.4 Å². The number of amides is 4. The van der Waals surface area contributed by atoms with Gasteiger partial charge in [0, 0.05) is 0 Å². The molecular formula is C29H41N3O5. The first-order chi connectivity index (χ1) is 17.7. The molecule has 1 heterocycles. The summed E-state index contributed by atoms with van der Waals surface area (Å²) in [6.45, 7) is 7.51. The van der Waals surface area contributed by atoms with Gasteiger partial charge in [-0.25, -0.2) is 0 Å². The fraction of sp³-hybridized carbons (Fsp3) is 0.552. The van der Waals surface area contributed by atoms with Crippen LogP contribution in [0.3, 0.4) is 0 Å². The van der Waals surface area contributed by atoms with Gasteiger partial charge in [-0.15, -0.1) is 0 Å². The highest BCUT2D eigenvalue weighted by atomic mass is 16.2. The molecular weight excluding hydrogens is 470 g/mol. The Bertz CT molecular complexity index is 971. The largest absolute Gasteiger partial charge is 0.346 e. The van der Waals surface area contributed by atoms with Gasteiger partial charge in [0.05, 0.1) is 24.4 Å². The first-order valence-corrected chi connectivity index (χ1v) is 13.4. The summed E-state index contributed by atoms with van der Waals surface area (Å²) < 4.78 is 0. The summed E-state index contributed by atoms with van der Waals surface area (Å²) in [6, 6.07) is 7.69. The standard InChI is InChI=1S/C29H41N3O5/c1-5-8-9-10-14-17-23(33)30-22(21-15-12-11-13-16-21)18-24(34)31-26(20(6-2)7-3)27(35)25-19(4)28(36)32-29(25)37/h11-17,19-20,22,25-26H,5-10,18H2,1-4H3,(H,30,33)(H,31,34)(H,32,36,37)/b17-14+/t19-,22-,25+,26?/m0/s1. The molecule has 1 fully saturated rings. The summed E-state index contributed by atoms with van der Waals surface area (Å²) in [6.07, 6.45) is 8.52. The number of nitrogens with one attached hydrogen (secondary N) is 3. The van der Waals surface area contributed by atoms with E-state index in [4.69, 9.17) is 0 Å². The van der Waals surface area contributed by atoms with Crippen LogP contribution in [0.4, 0.5) is 0 Å². The number of benzene rings is 1. The van der Waals surface area contributed by atoms with Gasteiger partial charge in [-0.1, -0.05) is 89.8 Å². The minimum Gasteiger partial charge on any atom is -0.346 e. The molecule has 1 aliphatic heterocycles. The average Bonchev–Trinajstić information content (AvgIpc) is 3.14. The van der Waals surface area contributed by atoms with Crippen LogP contribution in [0.25, 0.3) is 0 Å². The number of hydrogen-bond acceptors (Lipinski definition) is 5. The zero-order valence-electron chi connectivity index (χ0n) is 22.4. The first kappa shape index (κ1) is 29.9. The predicted octanol–water partition coefficient (Wildman–Crippen LogP) is 3.77. The fourth-order valence-corrected chi connectivity index (χ4v) is 4.72. The van der Waals surface area contributed by atoms with Crippen molar-refractivity contribution in [2.24, 2.45) is 17.8 Å². The van der Waals surface area contributed by atoms with Gasteiger partial charge in [-0.3, -0.25) is 29.3 Å². The minimum absolute atomic E-state index is 0.0747. The van der Waals surface area contributed by atoms with Gasteiger partial charge in [-0.05, 0) is 30.4 Å². The summed E-state index contributed by atoms with van der Waals surface area (Å²) >= 11 is 0. The number of carbonyl (C=O) groups is 5. The van der Waals surface area contributed by atoms with Gasteiger partial charge < -0.3 is 10.6 Å². The maximum atomic E-state index is 13.4. The number of rotatable bonds is 15. The molecule has 4 amide bonds. The van der Waals surface area contributed by atoms with Crippen molar-refractivity contribution in [2.45, 2.75) is 84.7 Å². The maximum Gasteiger partial charge on any atom is 0.244 e. The Labute approximate surface area is 220 Å². The van der Waals surface area contributed by atoms with Gasteiger partial charge in [0.2, 0.25) is 23.6 Å². The second-order valence-corrected chi connectivity index (χ2v) is 9.72. The minimum atomic E-state index is -1.12. The number of allylic oxidation sites excluding steroid dienone is 1. The lowest BCUT2D eigenvalue weighted by atomic mass is 9.82. The van der Waals surface area contributed by atoms with E-state index in [1.165, 1.54) is 6.08 Å².